The number of rotatable bonds is 2. The number of hydrogen-bond acceptors (Lipinski definition) is 4. The van der Waals surface area contributed by atoms with Gasteiger partial charge in [-0.05, 0) is 0 Å². The topological polar surface area (TPSA) is 0 Å². The summed E-state index contributed by atoms with van der Waals surface area (Å²) in [5.74, 6) is 0. The van der Waals surface area contributed by atoms with Crippen molar-refractivity contribution in [1.82, 2.24) is 0 Å². The molecule has 4 rings (SSSR count). The van der Waals surface area contributed by atoms with Crippen molar-refractivity contribution in [3.05, 3.63) is 11.1 Å². The van der Waals surface area contributed by atoms with E-state index >= 15 is 0 Å². The van der Waals surface area contributed by atoms with Gasteiger partial charge in [0.1, 0.15) is 0 Å². The summed E-state index contributed by atoms with van der Waals surface area (Å²) in [4.78, 5) is 15.3. The molecule has 0 amide bonds. The van der Waals surface area contributed by atoms with E-state index in [0.29, 0.717) is 0 Å². The molecule has 128 valence electrons. The molecule has 0 saturated carbocycles. The predicted octanol–water partition coefficient (Wildman–Crippen LogP) is 7.10. The Morgan fingerprint density at radius 2 is 0.750 bits per heavy atom. The van der Waals surface area contributed by atoms with Crippen molar-refractivity contribution < 1.29 is 0 Å². The minimum absolute atomic E-state index is 1.59. The predicted molar refractivity (Wildman–Crippen MR) is 126 cm³/mol. The molecule has 0 radical (unpaired) electrons. The third kappa shape index (κ3) is 2.68. The molecule has 4 aromatic heterocycles. The normalized spacial score (nSPS) is 13.8. The van der Waals surface area contributed by atoms with Crippen molar-refractivity contribution in [2.45, 2.75) is 43.5 Å². The standard InChI is InChI=1S/C12H6S4.6CH3.2Sn/c1-5-3-13-9-7(5)15-12-10-8(16-11(9)12)6(2)4-14-10;;;;;;;;/h1-2H3;6*1H3;;. The summed E-state index contributed by atoms with van der Waals surface area (Å²) in [6, 6.07) is 0. The molecule has 0 aromatic carbocycles. The maximum atomic E-state index is 2.55. The quantitative estimate of drug-likeness (QED) is 0.214. The molecule has 4 aromatic rings. The van der Waals surface area contributed by atoms with Gasteiger partial charge in [-0.1, -0.05) is 0 Å². The van der Waals surface area contributed by atoms with Gasteiger partial charge in [-0.15, -0.1) is 0 Å². The molecule has 0 bridgehead atoms. The fraction of sp³-hybridized carbons (Fsp3) is 0.444. The zero-order valence-electron chi connectivity index (χ0n) is 15.6. The summed E-state index contributed by atoms with van der Waals surface area (Å²) in [6.07, 6.45) is 0. The molecule has 0 unspecified atom stereocenters. The van der Waals surface area contributed by atoms with Crippen LogP contribution in [0.15, 0.2) is 0 Å². The molecule has 0 spiro atoms. The van der Waals surface area contributed by atoms with Gasteiger partial charge in [0.2, 0.25) is 0 Å². The zero-order valence-corrected chi connectivity index (χ0v) is 24.6. The van der Waals surface area contributed by atoms with Crippen LogP contribution >= 0.6 is 45.3 Å². The van der Waals surface area contributed by atoms with Gasteiger partial charge in [-0.3, -0.25) is 0 Å². The van der Waals surface area contributed by atoms with E-state index in [-0.39, 0.29) is 0 Å². The van der Waals surface area contributed by atoms with E-state index in [2.05, 4.69) is 88.8 Å². The summed E-state index contributed by atoms with van der Waals surface area (Å²) in [5.41, 5.74) is 3.23. The molecule has 0 atom stereocenters. The first kappa shape index (κ1) is 18.5. The molecule has 0 fully saturated rings. The van der Waals surface area contributed by atoms with Crippen LogP contribution in [0, 0.1) is 13.8 Å². The summed E-state index contributed by atoms with van der Waals surface area (Å²) in [6.45, 7) is 4.76. The Kier molecular flexibility index (Phi) is 4.51. The van der Waals surface area contributed by atoms with Crippen molar-refractivity contribution >= 4 is 116 Å². The molecule has 0 saturated heterocycles. The van der Waals surface area contributed by atoms with Crippen LogP contribution in [0.5, 0.6) is 0 Å². The first-order chi connectivity index (χ1) is 11.0. The van der Waals surface area contributed by atoms with E-state index < -0.39 is 36.8 Å². The molecule has 24 heavy (non-hydrogen) atoms. The molecule has 0 aliphatic rings. The Bertz CT molecular complexity index is 1000. The number of thiophene rings is 4. The maximum absolute atomic E-state index is 2.55. The van der Waals surface area contributed by atoms with E-state index in [9.17, 15) is 0 Å². The summed E-state index contributed by atoms with van der Waals surface area (Å²) >= 11 is 4.43. The van der Waals surface area contributed by atoms with Crippen molar-refractivity contribution in [1.29, 1.82) is 0 Å². The Morgan fingerprint density at radius 3 is 1.04 bits per heavy atom. The van der Waals surface area contributed by atoms with E-state index in [1.807, 2.05) is 0 Å². The van der Waals surface area contributed by atoms with Crippen molar-refractivity contribution in [2.24, 2.45) is 0 Å². The third-order valence-electron chi connectivity index (χ3n) is 4.57. The van der Waals surface area contributed by atoms with Gasteiger partial charge in [0.15, 0.2) is 0 Å². The fourth-order valence-corrected chi connectivity index (χ4v) is 24.3. The molecule has 6 heteroatoms. The van der Waals surface area contributed by atoms with Gasteiger partial charge in [0.05, 0.1) is 0 Å². The van der Waals surface area contributed by atoms with Crippen molar-refractivity contribution in [3.8, 4) is 0 Å². The van der Waals surface area contributed by atoms with Gasteiger partial charge in [0, 0.05) is 0 Å². The number of fused-ring (bicyclic) bond motifs is 5. The van der Waals surface area contributed by atoms with Crippen LogP contribution in [-0.4, -0.2) is 36.8 Å². The van der Waals surface area contributed by atoms with Crippen LogP contribution in [0.25, 0.3) is 28.2 Å². The van der Waals surface area contributed by atoms with E-state index in [4.69, 9.17) is 0 Å². The van der Waals surface area contributed by atoms with Crippen molar-refractivity contribution in [3.63, 3.8) is 0 Å². The van der Waals surface area contributed by atoms with Gasteiger partial charge in [-0.2, -0.15) is 0 Å². The molecule has 4 heterocycles. The van der Waals surface area contributed by atoms with Gasteiger partial charge < -0.3 is 0 Å². The van der Waals surface area contributed by atoms with Gasteiger partial charge in [-0.25, -0.2) is 0 Å². The molecular formula is C18H24S4Sn2. The number of hydrogen-bond donors (Lipinski definition) is 0. The van der Waals surface area contributed by atoms with Crippen LogP contribution < -0.4 is 5.79 Å². The van der Waals surface area contributed by atoms with E-state index in [0.717, 1.165) is 0 Å². The summed E-state index contributed by atoms with van der Waals surface area (Å²) < 4.78 is 13.1. The van der Waals surface area contributed by atoms with Crippen LogP contribution in [0.3, 0.4) is 0 Å². The first-order valence-electron chi connectivity index (χ1n) is 8.38. The summed E-state index contributed by atoms with van der Waals surface area (Å²) in [5, 5.41) is 0. The average molecular weight is 606 g/mol. The fourth-order valence-electron chi connectivity index (χ4n) is 3.57. The summed E-state index contributed by atoms with van der Waals surface area (Å²) in [7, 11) is 0. The second-order valence-corrected chi connectivity index (χ2v) is 43.5. The molecule has 0 N–H and O–H groups in total. The van der Waals surface area contributed by atoms with E-state index in [1.165, 1.54) is 0 Å². The van der Waals surface area contributed by atoms with Gasteiger partial charge >= 0.3 is 171 Å². The molecule has 0 aliphatic carbocycles. The third-order valence-corrected chi connectivity index (χ3v) is 30.0. The monoisotopic (exact) mass is 608 g/mol. The molecular weight excluding hydrogens is 582 g/mol. The van der Waals surface area contributed by atoms with Crippen LogP contribution in [-0.2, 0) is 0 Å². The second-order valence-electron chi connectivity index (χ2n) is 8.79. The second kappa shape index (κ2) is 5.84. The zero-order chi connectivity index (χ0) is 17.6. The van der Waals surface area contributed by atoms with Crippen LogP contribution in [0.1, 0.15) is 11.1 Å². The van der Waals surface area contributed by atoms with Crippen molar-refractivity contribution in [2.75, 3.05) is 0 Å². The van der Waals surface area contributed by atoms with Crippen LogP contribution in [0.2, 0.25) is 29.6 Å². The Morgan fingerprint density at radius 1 is 0.458 bits per heavy atom. The molecule has 0 aliphatic heterocycles. The van der Waals surface area contributed by atoms with E-state index in [1.54, 1.807) is 45.1 Å². The van der Waals surface area contributed by atoms with Gasteiger partial charge in [0.25, 0.3) is 0 Å². The Hall–Kier alpha value is 1.18. The molecule has 0 nitrogen and oxygen atoms in total. The first-order valence-corrected chi connectivity index (χ1v) is 31.6. The Labute approximate surface area is 168 Å². The minimum atomic E-state index is -2.00. The SMILES string of the molecule is Cc1[c]([Sn]([CH3])([CH3])[CH3])sc2c1sc1c3s[c]([Sn]([CH3])([CH3])[CH3])c(C)c3sc21. The number of aryl methyl sites for hydroxylation is 2. The average Bonchev–Trinajstić information content (AvgIpc) is 3.09. The Balaban J connectivity index is 2.06. The van der Waals surface area contributed by atoms with Crippen LogP contribution in [0.4, 0.5) is 0 Å².